The number of halogens is 1. The van der Waals surface area contributed by atoms with Crippen LogP contribution in [0.4, 0.5) is 4.39 Å². The number of hydrogen-bond donors (Lipinski definition) is 3. The third-order valence-corrected chi connectivity index (χ3v) is 2.58. The van der Waals surface area contributed by atoms with Crippen LogP contribution in [0.15, 0.2) is 42.5 Å². The highest BCUT2D eigenvalue weighted by atomic mass is 19.1. The molecule has 0 spiro atoms. The molecule has 0 atom stereocenters. The molecule has 0 saturated heterocycles. The van der Waals surface area contributed by atoms with Crippen molar-refractivity contribution in [3.63, 3.8) is 0 Å². The van der Waals surface area contributed by atoms with E-state index in [4.69, 9.17) is 0 Å². The van der Waals surface area contributed by atoms with Crippen molar-refractivity contribution >= 4 is 0 Å². The molecule has 0 aliphatic rings. The lowest BCUT2D eigenvalue weighted by molar-refractivity contribution is 0.462. The van der Waals surface area contributed by atoms with Crippen LogP contribution < -0.4 is 5.32 Å². The summed E-state index contributed by atoms with van der Waals surface area (Å²) in [5.74, 6) is -0.323. The smallest absolute Gasteiger partial charge is 0.127 e. The lowest BCUT2D eigenvalue weighted by Gasteiger charge is -2.07. The Hall–Kier alpha value is -2.07. The number of phenolic OH excluding ortho intramolecular Hbond substituents is 2. The summed E-state index contributed by atoms with van der Waals surface area (Å²) < 4.78 is 13.0. The SMILES string of the molecule is Oc1cc(F)cc(CNCc2ccccc2O)c1. The molecule has 0 aliphatic carbocycles. The van der Waals surface area contributed by atoms with Crippen molar-refractivity contribution in [3.8, 4) is 11.5 Å². The molecule has 0 aromatic heterocycles. The standard InChI is InChI=1S/C14H14FNO2/c15-12-5-10(6-13(17)7-12)8-16-9-11-3-1-2-4-14(11)18/h1-7,16-18H,8-9H2. The van der Waals surface area contributed by atoms with Gasteiger partial charge in [-0.25, -0.2) is 4.39 Å². The van der Waals surface area contributed by atoms with E-state index in [0.717, 1.165) is 11.6 Å². The number of nitrogens with one attached hydrogen (secondary N) is 1. The third-order valence-electron chi connectivity index (χ3n) is 2.58. The van der Waals surface area contributed by atoms with Crippen LogP contribution in [0.25, 0.3) is 0 Å². The van der Waals surface area contributed by atoms with Crippen molar-refractivity contribution < 1.29 is 14.6 Å². The van der Waals surface area contributed by atoms with Gasteiger partial charge in [-0.1, -0.05) is 18.2 Å². The molecule has 0 unspecified atom stereocenters. The van der Waals surface area contributed by atoms with E-state index in [9.17, 15) is 14.6 Å². The predicted molar refractivity (Wildman–Crippen MR) is 66.7 cm³/mol. The van der Waals surface area contributed by atoms with E-state index in [1.165, 1.54) is 12.1 Å². The summed E-state index contributed by atoms with van der Waals surface area (Å²) in [5.41, 5.74) is 1.43. The molecule has 0 amide bonds. The first-order valence-corrected chi connectivity index (χ1v) is 5.61. The van der Waals surface area contributed by atoms with Gasteiger partial charge in [-0.2, -0.15) is 0 Å². The highest BCUT2D eigenvalue weighted by molar-refractivity contribution is 5.32. The van der Waals surface area contributed by atoms with Crippen LogP contribution in [0.2, 0.25) is 0 Å². The molecular formula is C14H14FNO2. The van der Waals surface area contributed by atoms with Crippen molar-refractivity contribution in [2.45, 2.75) is 13.1 Å². The van der Waals surface area contributed by atoms with Crippen molar-refractivity contribution in [1.29, 1.82) is 0 Å². The molecule has 2 aromatic carbocycles. The maximum Gasteiger partial charge on any atom is 0.127 e. The summed E-state index contributed by atoms with van der Waals surface area (Å²) in [5, 5.41) is 21.9. The molecule has 18 heavy (non-hydrogen) atoms. The first-order chi connectivity index (χ1) is 8.65. The molecule has 0 saturated carbocycles. The highest BCUT2D eigenvalue weighted by Gasteiger charge is 2.01. The number of hydrogen-bond acceptors (Lipinski definition) is 3. The fourth-order valence-corrected chi connectivity index (χ4v) is 1.74. The maximum atomic E-state index is 13.0. The summed E-state index contributed by atoms with van der Waals surface area (Å²) in [7, 11) is 0. The molecule has 0 radical (unpaired) electrons. The van der Waals surface area contributed by atoms with Gasteiger partial charge in [0.15, 0.2) is 0 Å². The topological polar surface area (TPSA) is 52.5 Å². The van der Waals surface area contributed by atoms with Gasteiger partial charge in [-0.15, -0.1) is 0 Å². The molecule has 2 aromatic rings. The molecule has 2 rings (SSSR count). The molecule has 94 valence electrons. The maximum absolute atomic E-state index is 13.0. The third kappa shape index (κ3) is 3.21. The summed E-state index contributed by atoms with van der Waals surface area (Å²) in [4.78, 5) is 0. The van der Waals surface area contributed by atoms with Gasteiger partial charge < -0.3 is 15.5 Å². The van der Waals surface area contributed by atoms with Gasteiger partial charge in [0.25, 0.3) is 0 Å². The average Bonchev–Trinajstić information content (AvgIpc) is 2.30. The second kappa shape index (κ2) is 5.51. The zero-order valence-corrected chi connectivity index (χ0v) is 9.73. The monoisotopic (exact) mass is 247 g/mol. The first kappa shape index (κ1) is 12.4. The average molecular weight is 247 g/mol. The zero-order chi connectivity index (χ0) is 13.0. The number of phenols is 2. The van der Waals surface area contributed by atoms with Gasteiger partial charge >= 0.3 is 0 Å². The van der Waals surface area contributed by atoms with E-state index in [-0.39, 0.29) is 11.5 Å². The largest absolute Gasteiger partial charge is 0.508 e. The Morgan fingerprint density at radius 2 is 1.78 bits per heavy atom. The van der Waals surface area contributed by atoms with Crippen LogP contribution in [0.5, 0.6) is 11.5 Å². The first-order valence-electron chi connectivity index (χ1n) is 5.61. The normalized spacial score (nSPS) is 10.5. The molecular weight excluding hydrogens is 233 g/mol. The van der Waals surface area contributed by atoms with Gasteiger partial charge in [0.2, 0.25) is 0 Å². The number of para-hydroxylation sites is 1. The van der Waals surface area contributed by atoms with E-state index in [0.29, 0.717) is 18.7 Å². The summed E-state index contributed by atoms with van der Waals surface area (Å²) in [6.45, 7) is 0.892. The molecule has 0 bridgehead atoms. The van der Waals surface area contributed by atoms with Crippen molar-refractivity contribution in [3.05, 3.63) is 59.4 Å². The molecule has 0 aliphatic heterocycles. The Morgan fingerprint density at radius 1 is 1.00 bits per heavy atom. The predicted octanol–water partition coefficient (Wildman–Crippen LogP) is 2.53. The van der Waals surface area contributed by atoms with Gasteiger partial charge in [0.1, 0.15) is 17.3 Å². The second-order valence-electron chi connectivity index (χ2n) is 4.05. The Labute approximate surface area is 105 Å². The lowest BCUT2D eigenvalue weighted by Crippen LogP contribution is -2.12. The van der Waals surface area contributed by atoms with Crippen LogP contribution in [0.3, 0.4) is 0 Å². The second-order valence-corrected chi connectivity index (χ2v) is 4.05. The zero-order valence-electron chi connectivity index (χ0n) is 9.73. The highest BCUT2D eigenvalue weighted by Crippen LogP contribution is 2.16. The fourth-order valence-electron chi connectivity index (χ4n) is 1.74. The van der Waals surface area contributed by atoms with Crippen molar-refractivity contribution in [1.82, 2.24) is 5.32 Å². The Kier molecular flexibility index (Phi) is 3.79. The van der Waals surface area contributed by atoms with Crippen molar-refractivity contribution in [2.75, 3.05) is 0 Å². The Balaban J connectivity index is 1.94. The molecule has 4 heteroatoms. The fraction of sp³-hybridized carbons (Fsp3) is 0.143. The molecule has 0 heterocycles. The van der Waals surface area contributed by atoms with E-state index < -0.39 is 5.82 Å². The van der Waals surface area contributed by atoms with Crippen LogP contribution >= 0.6 is 0 Å². The minimum atomic E-state index is -0.464. The van der Waals surface area contributed by atoms with Gasteiger partial charge in [-0.05, 0) is 23.8 Å². The van der Waals surface area contributed by atoms with E-state index in [1.807, 2.05) is 12.1 Å². The number of rotatable bonds is 4. The van der Waals surface area contributed by atoms with Crippen LogP contribution in [0.1, 0.15) is 11.1 Å². The molecule has 0 fully saturated rings. The molecule has 3 N–H and O–H groups in total. The quantitative estimate of drug-likeness (QED) is 0.778. The summed E-state index contributed by atoms with van der Waals surface area (Å²) in [6.07, 6.45) is 0. The summed E-state index contributed by atoms with van der Waals surface area (Å²) >= 11 is 0. The van der Waals surface area contributed by atoms with Gasteiger partial charge in [0.05, 0.1) is 0 Å². The summed E-state index contributed by atoms with van der Waals surface area (Å²) in [6, 6.07) is 10.9. The number of aromatic hydroxyl groups is 2. The van der Waals surface area contributed by atoms with Crippen LogP contribution in [-0.4, -0.2) is 10.2 Å². The molecule has 3 nitrogen and oxygen atoms in total. The van der Waals surface area contributed by atoms with E-state index in [1.54, 1.807) is 12.1 Å². The van der Waals surface area contributed by atoms with Crippen LogP contribution in [-0.2, 0) is 13.1 Å². The van der Waals surface area contributed by atoms with Gasteiger partial charge in [-0.3, -0.25) is 0 Å². The Morgan fingerprint density at radius 3 is 2.50 bits per heavy atom. The van der Waals surface area contributed by atoms with E-state index in [2.05, 4.69) is 5.32 Å². The Bertz CT molecular complexity index is 523. The van der Waals surface area contributed by atoms with E-state index >= 15 is 0 Å². The van der Waals surface area contributed by atoms with Crippen molar-refractivity contribution in [2.24, 2.45) is 0 Å². The van der Waals surface area contributed by atoms with Gasteiger partial charge in [0, 0.05) is 24.7 Å². The minimum Gasteiger partial charge on any atom is -0.508 e. The number of benzene rings is 2. The lowest BCUT2D eigenvalue weighted by atomic mass is 10.2. The minimum absolute atomic E-state index is 0.0886. The van der Waals surface area contributed by atoms with Crippen LogP contribution in [0, 0.1) is 5.82 Å².